The average Bonchev–Trinajstić information content (AvgIpc) is 2.39. The molecule has 0 aromatic rings. The molecule has 0 amide bonds. The maximum absolute atomic E-state index is 11.3. The molecule has 0 bridgehead atoms. The summed E-state index contributed by atoms with van der Waals surface area (Å²) < 4.78 is 19.7. The number of hydrogen-bond acceptors (Lipinski definition) is 9. The van der Waals surface area contributed by atoms with Crippen LogP contribution >= 0.6 is 0 Å². The Bertz CT molecular complexity index is 457. The van der Waals surface area contributed by atoms with Gasteiger partial charge in [-0.1, -0.05) is 0 Å². The number of hydrogen-bond donors (Lipinski definition) is 0. The summed E-state index contributed by atoms with van der Waals surface area (Å²) in [5.41, 5.74) is 0. The third-order valence-electron chi connectivity index (χ3n) is 2.45. The molecule has 0 N–H and O–H groups in total. The van der Waals surface area contributed by atoms with E-state index < -0.39 is 48.8 Å². The van der Waals surface area contributed by atoms with E-state index in [0.717, 1.165) is 27.7 Å². The van der Waals surface area contributed by atoms with E-state index in [4.69, 9.17) is 18.9 Å². The maximum Gasteiger partial charge on any atom is 0.303 e. The first-order chi connectivity index (χ1) is 10.7. The first-order valence-corrected chi connectivity index (χ1v) is 6.76. The molecule has 3 atom stereocenters. The van der Waals surface area contributed by atoms with Crippen molar-refractivity contribution in [2.75, 3.05) is 6.61 Å². The Morgan fingerprint density at radius 2 is 1.26 bits per heavy atom. The second-order valence-electron chi connectivity index (χ2n) is 4.57. The Hall–Kier alpha value is -2.45. The van der Waals surface area contributed by atoms with Crippen LogP contribution in [0.1, 0.15) is 34.1 Å². The van der Waals surface area contributed by atoms with E-state index in [9.17, 15) is 24.0 Å². The molecule has 0 heterocycles. The molecule has 23 heavy (non-hydrogen) atoms. The van der Waals surface area contributed by atoms with Crippen molar-refractivity contribution in [3.8, 4) is 0 Å². The van der Waals surface area contributed by atoms with Crippen LogP contribution in [0.25, 0.3) is 0 Å². The lowest BCUT2D eigenvalue weighted by Crippen LogP contribution is -2.47. The summed E-state index contributed by atoms with van der Waals surface area (Å²) in [5, 5.41) is 0. The monoisotopic (exact) mass is 332 g/mol. The van der Waals surface area contributed by atoms with Crippen LogP contribution in [0.5, 0.6) is 0 Å². The molecule has 0 unspecified atom stereocenters. The Labute approximate surface area is 133 Å². The van der Waals surface area contributed by atoms with Crippen LogP contribution in [0.3, 0.4) is 0 Å². The Morgan fingerprint density at radius 1 is 0.783 bits per heavy atom. The minimum atomic E-state index is -1.30. The molecular formula is C14H20O9. The van der Waals surface area contributed by atoms with Crippen molar-refractivity contribution in [3.05, 3.63) is 0 Å². The molecular weight excluding hydrogens is 312 g/mol. The zero-order valence-corrected chi connectivity index (χ0v) is 13.4. The fourth-order valence-corrected chi connectivity index (χ4v) is 1.75. The van der Waals surface area contributed by atoms with Crippen LogP contribution < -0.4 is 0 Å². The molecule has 0 rings (SSSR count). The van der Waals surface area contributed by atoms with Crippen molar-refractivity contribution >= 4 is 30.2 Å². The molecule has 0 saturated carbocycles. The number of carbonyl (C=O) groups excluding carboxylic acids is 5. The van der Waals surface area contributed by atoms with Crippen LogP contribution in [0.15, 0.2) is 0 Å². The third kappa shape index (κ3) is 9.22. The first kappa shape index (κ1) is 20.6. The zero-order chi connectivity index (χ0) is 18.0. The average molecular weight is 332 g/mol. The molecule has 9 nitrogen and oxygen atoms in total. The number of esters is 4. The van der Waals surface area contributed by atoms with Gasteiger partial charge in [0.15, 0.2) is 12.2 Å². The Morgan fingerprint density at radius 3 is 1.65 bits per heavy atom. The third-order valence-corrected chi connectivity index (χ3v) is 2.45. The highest BCUT2D eigenvalue weighted by Gasteiger charge is 2.37. The first-order valence-electron chi connectivity index (χ1n) is 6.76. The van der Waals surface area contributed by atoms with Gasteiger partial charge >= 0.3 is 23.9 Å². The number of rotatable bonds is 9. The number of carbonyl (C=O) groups is 5. The van der Waals surface area contributed by atoms with Gasteiger partial charge in [0.05, 0.1) is 0 Å². The Kier molecular flexibility index (Phi) is 9.21. The summed E-state index contributed by atoms with van der Waals surface area (Å²) in [5.74, 6) is -2.85. The number of ether oxygens (including phenoxy) is 4. The van der Waals surface area contributed by atoms with E-state index in [0.29, 0.717) is 6.29 Å². The lowest BCUT2D eigenvalue weighted by atomic mass is 10.1. The minimum Gasteiger partial charge on any atom is -0.462 e. The van der Waals surface area contributed by atoms with Gasteiger partial charge in [-0.15, -0.1) is 0 Å². The van der Waals surface area contributed by atoms with Crippen molar-refractivity contribution in [2.45, 2.75) is 52.4 Å². The van der Waals surface area contributed by atoms with Crippen LogP contribution in [0, 0.1) is 0 Å². The van der Waals surface area contributed by atoms with Gasteiger partial charge in [0, 0.05) is 34.1 Å². The van der Waals surface area contributed by atoms with Crippen LogP contribution in [0.2, 0.25) is 0 Å². The van der Waals surface area contributed by atoms with Crippen molar-refractivity contribution < 1.29 is 42.9 Å². The molecule has 0 aromatic carbocycles. The molecule has 0 radical (unpaired) electrons. The van der Waals surface area contributed by atoms with Crippen molar-refractivity contribution in [1.82, 2.24) is 0 Å². The van der Waals surface area contributed by atoms with E-state index in [1.807, 2.05) is 0 Å². The lowest BCUT2D eigenvalue weighted by molar-refractivity contribution is -0.189. The fourth-order valence-electron chi connectivity index (χ4n) is 1.75. The Balaban J connectivity index is 5.45. The van der Waals surface area contributed by atoms with Gasteiger partial charge in [-0.25, -0.2) is 0 Å². The van der Waals surface area contributed by atoms with E-state index in [-0.39, 0.29) is 6.42 Å². The van der Waals surface area contributed by atoms with Gasteiger partial charge in [0.2, 0.25) is 0 Å². The van der Waals surface area contributed by atoms with Gasteiger partial charge in [-0.3, -0.25) is 19.2 Å². The van der Waals surface area contributed by atoms with Crippen molar-refractivity contribution in [2.24, 2.45) is 0 Å². The highest BCUT2D eigenvalue weighted by Crippen LogP contribution is 2.17. The summed E-state index contributed by atoms with van der Waals surface area (Å²) in [6.07, 6.45) is -3.56. The number of aldehydes is 1. The topological polar surface area (TPSA) is 122 Å². The smallest absolute Gasteiger partial charge is 0.303 e. The summed E-state index contributed by atoms with van der Waals surface area (Å²) in [7, 11) is 0. The molecule has 0 aliphatic rings. The van der Waals surface area contributed by atoms with Gasteiger partial charge in [0.25, 0.3) is 0 Å². The second kappa shape index (κ2) is 10.3. The van der Waals surface area contributed by atoms with Gasteiger partial charge < -0.3 is 23.7 Å². The molecule has 0 fully saturated rings. The van der Waals surface area contributed by atoms with Crippen LogP contribution in [-0.2, 0) is 42.9 Å². The highest BCUT2D eigenvalue weighted by molar-refractivity contribution is 5.69. The van der Waals surface area contributed by atoms with Crippen LogP contribution in [0.4, 0.5) is 0 Å². The summed E-state index contributed by atoms with van der Waals surface area (Å²) in [4.78, 5) is 55.4. The molecule has 0 aromatic heterocycles. The normalized spacial score (nSPS) is 13.9. The molecule has 9 heteroatoms. The highest BCUT2D eigenvalue weighted by atomic mass is 16.6. The molecule has 0 aliphatic carbocycles. The van der Waals surface area contributed by atoms with E-state index in [2.05, 4.69) is 0 Å². The van der Waals surface area contributed by atoms with Gasteiger partial charge in [-0.2, -0.15) is 0 Å². The summed E-state index contributed by atoms with van der Waals surface area (Å²) >= 11 is 0. The predicted molar refractivity (Wildman–Crippen MR) is 74.0 cm³/mol. The second-order valence-corrected chi connectivity index (χ2v) is 4.57. The van der Waals surface area contributed by atoms with E-state index in [1.165, 1.54) is 0 Å². The fraction of sp³-hybridized carbons (Fsp3) is 0.643. The lowest BCUT2D eigenvalue weighted by Gasteiger charge is -2.30. The molecule has 0 aliphatic heterocycles. The van der Waals surface area contributed by atoms with Gasteiger partial charge in [0.1, 0.15) is 19.0 Å². The zero-order valence-electron chi connectivity index (χ0n) is 13.4. The van der Waals surface area contributed by atoms with E-state index in [1.54, 1.807) is 0 Å². The minimum absolute atomic E-state index is 0.296. The summed E-state index contributed by atoms with van der Waals surface area (Å²) in [6, 6.07) is 0. The predicted octanol–water partition coefficient (Wildman–Crippen LogP) is -0.0664. The van der Waals surface area contributed by atoms with E-state index >= 15 is 0 Å². The molecule has 0 saturated heterocycles. The SMILES string of the molecule is CC(=O)OC[C@H](OC(C)=O)[C@@H](OC(C)=O)[C@@H](CC=O)OC(C)=O. The van der Waals surface area contributed by atoms with Crippen molar-refractivity contribution in [1.29, 1.82) is 0 Å². The molecule has 0 spiro atoms. The largest absolute Gasteiger partial charge is 0.462 e. The quantitative estimate of drug-likeness (QED) is 0.324. The summed E-state index contributed by atoms with van der Waals surface area (Å²) in [6.45, 7) is 4.02. The standard InChI is InChI=1S/C14H20O9/c1-8(16)20-7-13(22-10(3)18)14(23-11(4)19)12(5-6-15)21-9(2)17/h6,12-14H,5,7H2,1-4H3/t12-,13+,14+/m1/s1. The molecule has 130 valence electrons. The maximum atomic E-state index is 11.3. The van der Waals surface area contributed by atoms with Crippen molar-refractivity contribution in [3.63, 3.8) is 0 Å². The van der Waals surface area contributed by atoms with Crippen LogP contribution in [-0.4, -0.2) is 55.1 Å². The van der Waals surface area contributed by atoms with Gasteiger partial charge in [-0.05, 0) is 0 Å².